The molecule has 4 nitrogen and oxygen atoms in total. The maximum atomic E-state index is 13.0. The summed E-state index contributed by atoms with van der Waals surface area (Å²) in [6.45, 7) is 13.6. The van der Waals surface area contributed by atoms with Crippen LogP contribution in [-0.2, 0) is 19.1 Å². The Labute approximate surface area is 179 Å². The van der Waals surface area contributed by atoms with E-state index < -0.39 is 17.0 Å². The van der Waals surface area contributed by atoms with E-state index in [1.165, 1.54) is 13.8 Å². The standard InChI is InChI=1S/C26H32O4/c1-15-12-20-21(24(5)11-9-19(29)14-22(15)24)8-7-10-25(6)23(20)13-16(2)26(25,17(3)27)30-18(4)28/h9,11-12,14,20-21,23H,2,7-8,10,13H2,1,3-6H3/t20?,21?,23?,24-,25+,26+/m1/s1. The van der Waals surface area contributed by atoms with Crippen LogP contribution in [0.2, 0.25) is 0 Å². The lowest BCUT2D eigenvalue weighted by Gasteiger charge is -2.50. The molecule has 0 N–H and O–H groups in total. The van der Waals surface area contributed by atoms with Crippen LogP contribution < -0.4 is 0 Å². The van der Waals surface area contributed by atoms with E-state index in [2.05, 4.69) is 39.5 Å². The fourth-order valence-corrected chi connectivity index (χ4v) is 7.37. The summed E-state index contributed by atoms with van der Waals surface area (Å²) < 4.78 is 5.87. The number of Topliss-reactive ketones (excluding diaryl/α,β-unsaturated/α-hetero) is 1. The molecule has 160 valence electrons. The van der Waals surface area contributed by atoms with Gasteiger partial charge in [0.05, 0.1) is 0 Å². The van der Waals surface area contributed by atoms with Crippen molar-refractivity contribution in [1.82, 2.24) is 0 Å². The van der Waals surface area contributed by atoms with Crippen LogP contribution in [0.15, 0.2) is 47.6 Å². The summed E-state index contributed by atoms with van der Waals surface area (Å²) in [7, 11) is 0. The third-order valence-electron chi connectivity index (χ3n) is 8.62. The lowest BCUT2D eigenvalue weighted by Crippen LogP contribution is -2.55. The Morgan fingerprint density at radius 2 is 1.90 bits per heavy atom. The van der Waals surface area contributed by atoms with Gasteiger partial charge in [-0.1, -0.05) is 44.6 Å². The van der Waals surface area contributed by atoms with Gasteiger partial charge in [0.1, 0.15) is 0 Å². The average molecular weight is 409 g/mol. The molecule has 3 unspecified atom stereocenters. The fourth-order valence-electron chi connectivity index (χ4n) is 7.37. The van der Waals surface area contributed by atoms with Crippen LogP contribution in [0, 0.1) is 28.6 Å². The molecule has 0 aromatic carbocycles. The van der Waals surface area contributed by atoms with Crippen molar-refractivity contribution in [2.45, 2.75) is 65.9 Å². The lowest BCUT2D eigenvalue weighted by atomic mass is 9.54. The van der Waals surface area contributed by atoms with E-state index >= 15 is 0 Å². The summed E-state index contributed by atoms with van der Waals surface area (Å²) in [4.78, 5) is 37.2. The van der Waals surface area contributed by atoms with Gasteiger partial charge in [-0.05, 0) is 74.2 Å². The quantitative estimate of drug-likeness (QED) is 0.481. The Bertz CT molecular complexity index is 950. The molecule has 0 aromatic rings. The molecular formula is C26H32O4. The van der Waals surface area contributed by atoms with Crippen LogP contribution in [0.1, 0.15) is 60.3 Å². The van der Waals surface area contributed by atoms with E-state index in [-0.39, 0.29) is 28.8 Å². The van der Waals surface area contributed by atoms with Gasteiger partial charge >= 0.3 is 5.97 Å². The summed E-state index contributed by atoms with van der Waals surface area (Å²) >= 11 is 0. The normalized spacial score (nSPS) is 42.4. The zero-order chi connectivity index (χ0) is 22.1. The average Bonchev–Trinajstić information content (AvgIpc) is 2.77. The number of hydrogen-bond donors (Lipinski definition) is 0. The molecule has 0 saturated heterocycles. The summed E-state index contributed by atoms with van der Waals surface area (Å²) in [5.74, 6) is 0.197. The number of carbonyl (C=O) groups is 3. The first kappa shape index (κ1) is 21.0. The Hall–Kier alpha value is -2.23. The van der Waals surface area contributed by atoms with Gasteiger partial charge in [-0.2, -0.15) is 0 Å². The molecule has 30 heavy (non-hydrogen) atoms. The van der Waals surface area contributed by atoms with Gasteiger partial charge < -0.3 is 4.74 Å². The highest BCUT2D eigenvalue weighted by atomic mass is 16.6. The molecule has 0 amide bonds. The Morgan fingerprint density at radius 1 is 1.20 bits per heavy atom. The van der Waals surface area contributed by atoms with E-state index in [0.717, 1.165) is 36.0 Å². The van der Waals surface area contributed by atoms with E-state index in [4.69, 9.17) is 4.74 Å². The van der Waals surface area contributed by atoms with Crippen molar-refractivity contribution in [3.05, 3.63) is 47.6 Å². The SMILES string of the molecule is C=C1CC2C3C=C(C)C4=CC(=O)C=C[C@]4(C)C3CCC[C@]2(C)[C@@]1(OC(C)=O)C(C)=O. The second-order valence-corrected chi connectivity index (χ2v) is 10.2. The van der Waals surface area contributed by atoms with Gasteiger partial charge in [-0.15, -0.1) is 0 Å². The Balaban J connectivity index is 1.88. The van der Waals surface area contributed by atoms with Crippen molar-refractivity contribution in [3.8, 4) is 0 Å². The summed E-state index contributed by atoms with van der Waals surface area (Å²) in [6.07, 6.45) is 11.3. The number of ether oxygens (including phenoxy) is 1. The van der Waals surface area contributed by atoms with Crippen molar-refractivity contribution in [2.24, 2.45) is 28.6 Å². The highest BCUT2D eigenvalue weighted by molar-refractivity contribution is 6.02. The topological polar surface area (TPSA) is 60.4 Å². The zero-order valence-electron chi connectivity index (χ0n) is 18.7. The molecule has 0 aromatic heterocycles. The molecule has 4 aliphatic rings. The number of carbonyl (C=O) groups excluding carboxylic acids is 3. The number of rotatable bonds is 2. The van der Waals surface area contributed by atoms with Crippen LogP contribution in [0.25, 0.3) is 0 Å². The molecule has 4 aliphatic carbocycles. The van der Waals surface area contributed by atoms with Crippen molar-refractivity contribution in [1.29, 1.82) is 0 Å². The van der Waals surface area contributed by atoms with E-state index in [9.17, 15) is 14.4 Å². The lowest BCUT2D eigenvalue weighted by molar-refractivity contribution is -0.174. The van der Waals surface area contributed by atoms with E-state index in [0.29, 0.717) is 12.3 Å². The molecular weight excluding hydrogens is 376 g/mol. The van der Waals surface area contributed by atoms with Crippen LogP contribution in [-0.4, -0.2) is 23.1 Å². The van der Waals surface area contributed by atoms with Crippen molar-refractivity contribution in [3.63, 3.8) is 0 Å². The largest absolute Gasteiger partial charge is 0.446 e. The summed E-state index contributed by atoms with van der Waals surface area (Å²) in [5.41, 5.74) is 1.03. The van der Waals surface area contributed by atoms with Crippen LogP contribution in [0.5, 0.6) is 0 Å². The summed E-state index contributed by atoms with van der Waals surface area (Å²) in [5, 5.41) is 0. The molecule has 0 radical (unpaired) electrons. The first-order chi connectivity index (χ1) is 14.0. The van der Waals surface area contributed by atoms with E-state index in [1.807, 2.05) is 0 Å². The molecule has 0 bridgehead atoms. The summed E-state index contributed by atoms with van der Waals surface area (Å²) in [6, 6.07) is 0. The molecule has 2 fully saturated rings. The van der Waals surface area contributed by atoms with Crippen LogP contribution >= 0.6 is 0 Å². The highest BCUT2D eigenvalue weighted by Gasteiger charge is 2.67. The zero-order valence-corrected chi connectivity index (χ0v) is 18.7. The Morgan fingerprint density at radius 3 is 2.53 bits per heavy atom. The highest BCUT2D eigenvalue weighted by Crippen LogP contribution is 2.66. The monoisotopic (exact) mass is 408 g/mol. The van der Waals surface area contributed by atoms with Gasteiger partial charge in [0.15, 0.2) is 17.2 Å². The maximum Gasteiger partial charge on any atom is 0.303 e. The number of ketones is 2. The first-order valence-electron chi connectivity index (χ1n) is 11.0. The van der Waals surface area contributed by atoms with Gasteiger partial charge in [0, 0.05) is 17.8 Å². The predicted molar refractivity (Wildman–Crippen MR) is 115 cm³/mol. The second kappa shape index (κ2) is 6.63. The van der Waals surface area contributed by atoms with Crippen molar-refractivity contribution in [2.75, 3.05) is 0 Å². The minimum atomic E-state index is -1.25. The van der Waals surface area contributed by atoms with Gasteiger partial charge in [-0.25, -0.2) is 0 Å². The number of fused-ring (bicyclic) bond motifs is 5. The molecule has 0 aliphatic heterocycles. The van der Waals surface area contributed by atoms with Crippen molar-refractivity contribution < 1.29 is 19.1 Å². The van der Waals surface area contributed by atoms with Gasteiger partial charge in [-0.3, -0.25) is 14.4 Å². The Kier molecular flexibility index (Phi) is 4.65. The minimum absolute atomic E-state index is 0.0480. The number of allylic oxidation sites excluding steroid dienone is 6. The molecule has 2 saturated carbocycles. The number of esters is 1. The van der Waals surface area contributed by atoms with E-state index in [1.54, 1.807) is 12.2 Å². The molecule has 6 atom stereocenters. The van der Waals surface area contributed by atoms with Crippen LogP contribution in [0.3, 0.4) is 0 Å². The molecule has 0 heterocycles. The van der Waals surface area contributed by atoms with Gasteiger partial charge in [0.2, 0.25) is 0 Å². The third kappa shape index (κ3) is 2.55. The fraction of sp³-hybridized carbons (Fsp3) is 0.577. The smallest absolute Gasteiger partial charge is 0.303 e. The van der Waals surface area contributed by atoms with Crippen molar-refractivity contribution >= 4 is 17.5 Å². The molecule has 4 rings (SSSR count). The number of hydrogen-bond acceptors (Lipinski definition) is 4. The third-order valence-corrected chi connectivity index (χ3v) is 8.62. The maximum absolute atomic E-state index is 13.0. The predicted octanol–water partition coefficient (Wildman–Crippen LogP) is 4.91. The molecule has 4 heteroatoms. The first-order valence-corrected chi connectivity index (χ1v) is 11.0. The second-order valence-electron chi connectivity index (χ2n) is 10.2. The van der Waals surface area contributed by atoms with Gasteiger partial charge in [0.25, 0.3) is 0 Å². The van der Waals surface area contributed by atoms with Crippen LogP contribution in [0.4, 0.5) is 0 Å². The minimum Gasteiger partial charge on any atom is -0.446 e. The molecule has 0 spiro atoms.